The Kier molecular flexibility index (Phi) is 19.2. The van der Waals surface area contributed by atoms with Crippen LogP contribution in [0.1, 0.15) is 70.9 Å². The highest BCUT2D eigenvalue weighted by Crippen LogP contribution is 2.24. The molecule has 4 amide bonds. The van der Waals surface area contributed by atoms with Gasteiger partial charge in [0.2, 0.25) is 11.8 Å². The van der Waals surface area contributed by atoms with E-state index in [1.54, 1.807) is 0 Å². The molecule has 1 unspecified atom stereocenters. The number of nitrogens with two attached hydrogens (primary N) is 2. The van der Waals surface area contributed by atoms with Crippen LogP contribution in [0.25, 0.3) is 43.1 Å². The standard InChI is InChI=1S/C33H38N6O2.C32H36N6O2/c34-33(35)36-17-5-10-30-32(41)39(18-15-23-11-12-24-6-1-3-8-26(24)20-23)19-16-29(38-30)22-37-31(40)28-14-13-25-7-2-4-9-27(25)21-28;1-2-28(37-32(33)34)29-31(40)38(20-25-12-7-11-22-9-5-6-13-27(22)25)17-16-26(36-29)19-35-30(39)24-15-14-21-8-3-4-10-23(21)18-24/h1-4,6-9,11-14,20-21,29-30,38H,5,10,15-19,22H2,(H,37,40)(H4,34,35,36);3-15,18,26,28-29,36H,2,16-17,19-20H2,1H3,(H,35,39)(H4,33,34,37)/t29-,30-;26-,28?,29-/m00/s1. The molecule has 2 aliphatic heterocycles. The monoisotopic (exact) mass is 1090 g/mol. The van der Waals surface area contributed by atoms with Crippen molar-refractivity contribution < 1.29 is 19.2 Å². The van der Waals surface area contributed by atoms with Gasteiger partial charge in [0, 0.05) is 69.0 Å². The first kappa shape index (κ1) is 56.8. The maximum atomic E-state index is 13.9. The van der Waals surface area contributed by atoms with Crippen LogP contribution in [-0.2, 0) is 22.6 Å². The zero-order valence-corrected chi connectivity index (χ0v) is 45.9. The summed E-state index contributed by atoms with van der Waals surface area (Å²) in [7, 11) is 0. The van der Waals surface area contributed by atoms with Crippen molar-refractivity contribution in [3.8, 4) is 0 Å². The normalized spacial score (nSPS) is 17.8. The van der Waals surface area contributed by atoms with E-state index in [0.29, 0.717) is 82.6 Å². The number of hydrogen-bond acceptors (Lipinski definition) is 8. The lowest BCUT2D eigenvalue weighted by Crippen LogP contribution is -2.59. The third-order valence-corrected chi connectivity index (χ3v) is 15.5. The molecule has 2 saturated heterocycles. The number of carbonyl (C=O) groups is 4. The molecular weight excluding hydrogens is 1010 g/mol. The molecule has 16 heteroatoms. The number of rotatable bonds is 18. The molecule has 81 heavy (non-hydrogen) atoms. The highest BCUT2D eigenvalue weighted by Gasteiger charge is 2.36. The van der Waals surface area contributed by atoms with Crippen molar-refractivity contribution in [3.63, 3.8) is 0 Å². The second-order valence-electron chi connectivity index (χ2n) is 21.1. The van der Waals surface area contributed by atoms with E-state index in [4.69, 9.17) is 22.3 Å². The molecule has 418 valence electrons. The van der Waals surface area contributed by atoms with E-state index in [1.165, 1.54) is 16.3 Å². The summed E-state index contributed by atoms with van der Waals surface area (Å²) in [5, 5.41) is 43.0. The average Bonchev–Trinajstić information content (AvgIpc) is 3.74. The van der Waals surface area contributed by atoms with Crippen molar-refractivity contribution in [2.75, 3.05) is 39.3 Å². The van der Waals surface area contributed by atoms with Gasteiger partial charge in [-0.05, 0) is 117 Å². The number of benzene rings is 8. The molecular formula is C65H74N12O4. The Morgan fingerprint density at radius 1 is 0.593 bits per heavy atom. The predicted octanol–water partition coefficient (Wildman–Crippen LogP) is 7.53. The summed E-state index contributed by atoms with van der Waals surface area (Å²) in [6, 6.07) is 54.9. The fourth-order valence-corrected chi connectivity index (χ4v) is 11.0. The fraction of sp³-hybridized carbons (Fsp3) is 0.292. The van der Waals surface area contributed by atoms with E-state index in [9.17, 15) is 19.2 Å². The van der Waals surface area contributed by atoms with Crippen LogP contribution >= 0.6 is 0 Å². The van der Waals surface area contributed by atoms with E-state index < -0.39 is 6.04 Å². The molecule has 0 aromatic heterocycles. The first-order valence-corrected chi connectivity index (χ1v) is 28.2. The Hall–Kier alpha value is -8.86. The number of guanidine groups is 2. The molecule has 8 aromatic carbocycles. The van der Waals surface area contributed by atoms with Crippen molar-refractivity contribution >= 4 is 78.6 Å². The van der Waals surface area contributed by atoms with Gasteiger partial charge in [-0.25, -0.2) is 0 Å². The molecule has 16 nitrogen and oxygen atoms in total. The van der Waals surface area contributed by atoms with Gasteiger partial charge in [0.25, 0.3) is 11.8 Å². The molecule has 5 atom stereocenters. The van der Waals surface area contributed by atoms with E-state index in [2.05, 4.69) is 86.5 Å². The average molecular weight is 1090 g/mol. The lowest BCUT2D eigenvalue weighted by atomic mass is 10.0. The second kappa shape index (κ2) is 27.3. The van der Waals surface area contributed by atoms with Crippen LogP contribution in [0, 0.1) is 10.8 Å². The largest absolute Gasteiger partial charge is 0.370 e. The van der Waals surface area contributed by atoms with Crippen molar-refractivity contribution in [3.05, 3.63) is 192 Å². The molecule has 0 bridgehead atoms. The molecule has 2 aliphatic rings. The summed E-state index contributed by atoms with van der Waals surface area (Å²) in [6.45, 7) is 5.57. The second-order valence-corrected chi connectivity index (χ2v) is 21.1. The number of fused-ring (bicyclic) bond motifs is 4. The van der Waals surface area contributed by atoms with Crippen LogP contribution in [-0.4, -0.2) is 115 Å². The summed E-state index contributed by atoms with van der Waals surface area (Å²) < 4.78 is 0. The van der Waals surface area contributed by atoms with Crippen molar-refractivity contribution in [2.24, 2.45) is 11.5 Å². The SMILES string of the molecule is CCC(NC(=N)N)[C@@H]1N[C@H](CNC(=O)c2ccc3ccccc3c2)CCN(Cc2cccc3ccccc23)C1=O.N=C(N)NCCC[C@@H]1N[C@H](CNC(=O)c2ccc3ccccc3c2)CCN(CCc2ccc3ccccc3c2)C1=O. The van der Waals surface area contributed by atoms with Crippen LogP contribution in [0.2, 0.25) is 0 Å². The first-order valence-electron chi connectivity index (χ1n) is 28.2. The molecule has 0 saturated carbocycles. The summed E-state index contributed by atoms with van der Waals surface area (Å²) in [4.78, 5) is 57.4. The fourth-order valence-electron chi connectivity index (χ4n) is 11.0. The number of hydrogen-bond donors (Lipinski definition) is 10. The predicted molar refractivity (Wildman–Crippen MR) is 325 cm³/mol. The zero-order chi connectivity index (χ0) is 56.7. The molecule has 2 fully saturated rings. The molecule has 0 radical (unpaired) electrons. The van der Waals surface area contributed by atoms with Crippen LogP contribution < -0.4 is 43.4 Å². The topological polar surface area (TPSA) is 247 Å². The smallest absolute Gasteiger partial charge is 0.251 e. The number of amides is 4. The first-order chi connectivity index (χ1) is 39.4. The molecule has 2 heterocycles. The Balaban J connectivity index is 0.000000196. The highest BCUT2D eigenvalue weighted by molar-refractivity contribution is 5.99. The number of carbonyl (C=O) groups excluding carboxylic acids is 4. The van der Waals surface area contributed by atoms with Crippen molar-refractivity contribution in [1.82, 2.24) is 41.7 Å². The summed E-state index contributed by atoms with van der Waals surface area (Å²) in [5.41, 5.74) is 14.6. The summed E-state index contributed by atoms with van der Waals surface area (Å²) >= 11 is 0. The summed E-state index contributed by atoms with van der Waals surface area (Å²) in [5.74, 6) is -0.484. The molecule has 0 aliphatic carbocycles. The van der Waals surface area contributed by atoms with Crippen LogP contribution in [0.3, 0.4) is 0 Å². The zero-order valence-electron chi connectivity index (χ0n) is 45.9. The van der Waals surface area contributed by atoms with Gasteiger partial charge in [0.05, 0.1) is 12.1 Å². The lowest BCUT2D eigenvalue weighted by molar-refractivity contribution is -0.134. The van der Waals surface area contributed by atoms with Crippen molar-refractivity contribution in [2.45, 2.75) is 82.2 Å². The van der Waals surface area contributed by atoms with Gasteiger partial charge in [0.15, 0.2) is 11.9 Å². The summed E-state index contributed by atoms with van der Waals surface area (Å²) in [6.07, 6.45) is 4.09. The maximum Gasteiger partial charge on any atom is 0.251 e. The number of nitrogens with one attached hydrogen (secondary N) is 8. The third-order valence-electron chi connectivity index (χ3n) is 15.5. The van der Waals surface area contributed by atoms with Gasteiger partial charge in [-0.3, -0.25) is 35.3 Å². The minimum atomic E-state index is -0.603. The van der Waals surface area contributed by atoms with Crippen LogP contribution in [0.4, 0.5) is 0 Å². The van der Waals surface area contributed by atoms with E-state index in [-0.39, 0.29) is 59.7 Å². The van der Waals surface area contributed by atoms with Crippen LogP contribution in [0.15, 0.2) is 170 Å². The van der Waals surface area contributed by atoms with Gasteiger partial charge in [-0.1, -0.05) is 153 Å². The molecule has 8 aromatic rings. The van der Waals surface area contributed by atoms with E-state index in [0.717, 1.165) is 50.7 Å². The Labute approximate surface area is 473 Å². The van der Waals surface area contributed by atoms with E-state index in [1.807, 2.05) is 132 Å². The Morgan fingerprint density at radius 2 is 1.12 bits per heavy atom. The minimum absolute atomic E-state index is 0.0419. The van der Waals surface area contributed by atoms with Gasteiger partial charge >= 0.3 is 0 Å². The number of nitrogens with zero attached hydrogens (tertiary/aromatic N) is 2. The van der Waals surface area contributed by atoms with E-state index >= 15 is 0 Å². The Bertz CT molecular complexity index is 3530. The molecule has 0 spiro atoms. The van der Waals surface area contributed by atoms with Gasteiger partial charge in [-0.2, -0.15) is 0 Å². The van der Waals surface area contributed by atoms with Crippen molar-refractivity contribution in [1.29, 1.82) is 10.8 Å². The maximum absolute atomic E-state index is 13.9. The lowest BCUT2D eigenvalue weighted by Gasteiger charge is -2.31. The minimum Gasteiger partial charge on any atom is -0.370 e. The van der Waals surface area contributed by atoms with Gasteiger partial charge in [0.1, 0.15) is 6.04 Å². The molecule has 12 N–H and O–H groups in total. The molecule has 10 rings (SSSR count). The third kappa shape index (κ3) is 15.1. The van der Waals surface area contributed by atoms with Gasteiger partial charge in [-0.15, -0.1) is 0 Å². The van der Waals surface area contributed by atoms with Crippen LogP contribution in [0.5, 0.6) is 0 Å². The quantitative estimate of drug-likeness (QED) is 0.0230. The van der Waals surface area contributed by atoms with Gasteiger partial charge < -0.3 is 47.9 Å². The Morgan fingerprint density at radius 3 is 1.72 bits per heavy atom. The highest BCUT2D eigenvalue weighted by atomic mass is 16.2.